The van der Waals surface area contributed by atoms with Gasteiger partial charge in [-0.05, 0) is 12.1 Å². The third-order valence-corrected chi connectivity index (χ3v) is 3.43. The van der Waals surface area contributed by atoms with Crippen LogP contribution in [0, 0.1) is 0 Å². The summed E-state index contributed by atoms with van der Waals surface area (Å²) in [4.78, 5) is 12.7. The highest BCUT2D eigenvalue weighted by Crippen LogP contribution is 2.36. The molecule has 3 aromatic rings. The van der Waals surface area contributed by atoms with E-state index >= 15 is 0 Å². The Hall–Kier alpha value is -3.19. The van der Waals surface area contributed by atoms with Gasteiger partial charge in [-0.25, -0.2) is 0 Å². The summed E-state index contributed by atoms with van der Waals surface area (Å²) in [6.45, 7) is -0.642. The van der Waals surface area contributed by atoms with Crippen LogP contribution in [0.1, 0.15) is 5.76 Å². The molecule has 7 heteroatoms. The molecular formula is C16H12O7. The molecule has 5 N–H and O–H groups in total. The average molecular weight is 316 g/mol. The molecule has 0 spiro atoms. The van der Waals surface area contributed by atoms with Gasteiger partial charge < -0.3 is 29.9 Å². The molecule has 3 rings (SSSR count). The van der Waals surface area contributed by atoms with Crippen molar-refractivity contribution < 1.29 is 29.9 Å². The molecule has 0 unspecified atom stereocenters. The number of hydrogen-bond donors (Lipinski definition) is 5. The Morgan fingerprint density at radius 3 is 2.26 bits per heavy atom. The molecule has 0 bridgehead atoms. The Balaban J connectivity index is 2.45. The van der Waals surface area contributed by atoms with Gasteiger partial charge in [0, 0.05) is 23.8 Å². The lowest BCUT2D eigenvalue weighted by molar-refractivity contribution is 0.249. The Bertz CT molecular complexity index is 972. The second-order valence-electron chi connectivity index (χ2n) is 4.93. The summed E-state index contributed by atoms with van der Waals surface area (Å²) in [6.07, 6.45) is 0. The highest BCUT2D eigenvalue weighted by molar-refractivity contribution is 5.89. The minimum Gasteiger partial charge on any atom is -0.508 e. The predicted octanol–water partition coefficient (Wildman–Crippen LogP) is 1.77. The van der Waals surface area contributed by atoms with Crippen molar-refractivity contribution in [2.24, 2.45) is 0 Å². The van der Waals surface area contributed by atoms with Gasteiger partial charge in [0.05, 0.1) is 5.56 Å². The molecular weight excluding hydrogens is 304 g/mol. The number of aliphatic hydroxyl groups excluding tert-OH is 1. The molecule has 0 aliphatic rings. The van der Waals surface area contributed by atoms with Crippen LogP contribution in [-0.4, -0.2) is 25.5 Å². The van der Waals surface area contributed by atoms with Crippen LogP contribution in [0.15, 0.2) is 39.5 Å². The Morgan fingerprint density at radius 2 is 1.61 bits per heavy atom. The Morgan fingerprint density at radius 1 is 0.913 bits per heavy atom. The fourth-order valence-corrected chi connectivity index (χ4v) is 2.45. The van der Waals surface area contributed by atoms with E-state index in [9.17, 15) is 30.3 Å². The van der Waals surface area contributed by atoms with Gasteiger partial charge in [0.15, 0.2) is 0 Å². The summed E-state index contributed by atoms with van der Waals surface area (Å²) in [7, 11) is 0. The lowest BCUT2D eigenvalue weighted by Crippen LogP contribution is -2.09. The minimum absolute atomic E-state index is 0.0370. The van der Waals surface area contributed by atoms with Crippen LogP contribution < -0.4 is 5.43 Å². The van der Waals surface area contributed by atoms with E-state index in [4.69, 9.17) is 4.42 Å². The second-order valence-corrected chi connectivity index (χ2v) is 4.93. The molecule has 0 amide bonds. The highest BCUT2D eigenvalue weighted by atomic mass is 16.4. The second kappa shape index (κ2) is 5.22. The molecule has 0 fully saturated rings. The first-order chi connectivity index (χ1) is 10.9. The molecule has 0 aliphatic heterocycles. The smallest absolute Gasteiger partial charge is 0.204 e. The number of hydrogen-bond acceptors (Lipinski definition) is 7. The molecule has 118 valence electrons. The van der Waals surface area contributed by atoms with Gasteiger partial charge in [0.2, 0.25) is 5.43 Å². The van der Waals surface area contributed by atoms with E-state index in [-0.39, 0.29) is 45.1 Å². The van der Waals surface area contributed by atoms with Crippen molar-refractivity contribution in [1.29, 1.82) is 0 Å². The monoisotopic (exact) mass is 316 g/mol. The van der Waals surface area contributed by atoms with Crippen LogP contribution in [0.4, 0.5) is 0 Å². The molecule has 2 aromatic carbocycles. The number of phenols is 4. The maximum absolute atomic E-state index is 12.7. The molecule has 1 heterocycles. The first-order valence-corrected chi connectivity index (χ1v) is 6.57. The number of rotatable bonds is 2. The summed E-state index contributed by atoms with van der Waals surface area (Å²) in [6, 6.07) is 5.71. The zero-order chi connectivity index (χ0) is 16.7. The zero-order valence-corrected chi connectivity index (χ0v) is 11.6. The zero-order valence-electron chi connectivity index (χ0n) is 11.6. The normalized spacial score (nSPS) is 11.0. The van der Waals surface area contributed by atoms with Gasteiger partial charge in [0.25, 0.3) is 0 Å². The third kappa shape index (κ3) is 2.33. The van der Waals surface area contributed by atoms with Crippen molar-refractivity contribution in [3.05, 3.63) is 46.3 Å². The van der Waals surface area contributed by atoms with Gasteiger partial charge in [-0.3, -0.25) is 4.79 Å². The van der Waals surface area contributed by atoms with Crippen LogP contribution in [0.2, 0.25) is 0 Å². The van der Waals surface area contributed by atoms with Crippen LogP contribution in [0.3, 0.4) is 0 Å². The lowest BCUT2D eigenvalue weighted by Gasteiger charge is -2.11. The summed E-state index contributed by atoms with van der Waals surface area (Å²) < 4.78 is 5.38. The van der Waals surface area contributed by atoms with Crippen molar-refractivity contribution >= 4 is 11.0 Å². The van der Waals surface area contributed by atoms with Crippen molar-refractivity contribution in [3.8, 4) is 34.1 Å². The molecule has 0 aliphatic carbocycles. The van der Waals surface area contributed by atoms with E-state index in [0.717, 1.165) is 18.2 Å². The number of benzene rings is 2. The first kappa shape index (κ1) is 14.7. The molecule has 7 nitrogen and oxygen atoms in total. The highest BCUT2D eigenvalue weighted by Gasteiger charge is 2.21. The molecule has 0 saturated carbocycles. The van der Waals surface area contributed by atoms with Crippen molar-refractivity contribution in [2.45, 2.75) is 6.61 Å². The number of aliphatic hydroxyl groups is 1. The largest absolute Gasteiger partial charge is 0.508 e. The standard InChI is InChI=1S/C16H12O7/c17-6-13-14(9-2-1-7(18)3-10(9)20)16(22)15-11(21)4-8(19)5-12(15)23-13/h1-5,17-21H,6H2. The molecule has 23 heavy (non-hydrogen) atoms. The number of fused-ring (bicyclic) bond motifs is 1. The van der Waals surface area contributed by atoms with E-state index in [1.54, 1.807) is 0 Å². The topological polar surface area (TPSA) is 131 Å². The summed E-state index contributed by atoms with van der Waals surface area (Å²) in [5, 5.41) is 47.9. The van der Waals surface area contributed by atoms with E-state index in [1.807, 2.05) is 0 Å². The quantitative estimate of drug-likeness (QED) is 0.487. The molecule has 0 atom stereocenters. The van der Waals surface area contributed by atoms with Crippen LogP contribution in [0.5, 0.6) is 23.0 Å². The van der Waals surface area contributed by atoms with Gasteiger partial charge in [-0.2, -0.15) is 0 Å². The number of phenolic OH excluding ortho intramolecular Hbond substituents is 4. The third-order valence-electron chi connectivity index (χ3n) is 3.43. The van der Waals surface area contributed by atoms with E-state index in [1.165, 1.54) is 12.1 Å². The van der Waals surface area contributed by atoms with Crippen LogP contribution in [-0.2, 0) is 6.61 Å². The van der Waals surface area contributed by atoms with Gasteiger partial charge in [-0.1, -0.05) is 0 Å². The van der Waals surface area contributed by atoms with Gasteiger partial charge in [0.1, 0.15) is 46.3 Å². The van der Waals surface area contributed by atoms with Crippen LogP contribution in [0.25, 0.3) is 22.1 Å². The first-order valence-electron chi connectivity index (χ1n) is 6.57. The SMILES string of the molecule is O=c1c(-c2ccc(O)cc2O)c(CO)oc2cc(O)cc(O)c12. The lowest BCUT2D eigenvalue weighted by atomic mass is 10.0. The summed E-state index contributed by atoms with van der Waals surface area (Å²) in [5.41, 5.74) is -0.888. The van der Waals surface area contributed by atoms with Crippen molar-refractivity contribution in [2.75, 3.05) is 0 Å². The maximum atomic E-state index is 12.7. The molecule has 1 aromatic heterocycles. The van der Waals surface area contributed by atoms with E-state index in [2.05, 4.69) is 0 Å². The minimum atomic E-state index is -0.686. The molecule has 0 saturated heterocycles. The van der Waals surface area contributed by atoms with Crippen molar-refractivity contribution in [1.82, 2.24) is 0 Å². The Labute approximate surface area is 128 Å². The fraction of sp³-hybridized carbons (Fsp3) is 0.0625. The maximum Gasteiger partial charge on any atom is 0.204 e. The fourth-order valence-electron chi connectivity index (χ4n) is 2.45. The molecule has 0 radical (unpaired) electrons. The van der Waals surface area contributed by atoms with Crippen molar-refractivity contribution in [3.63, 3.8) is 0 Å². The predicted molar refractivity (Wildman–Crippen MR) is 80.5 cm³/mol. The Kier molecular flexibility index (Phi) is 3.34. The van der Waals surface area contributed by atoms with Crippen LogP contribution >= 0.6 is 0 Å². The average Bonchev–Trinajstić information content (AvgIpc) is 2.47. The summed E-state index contributed by atoms with van der Waals surface area (Å²) >= 11 is 0. The van der Waals surface area contributed by atoms with Gasteiger partial charge in [-0.15, -0.1) is 0 Å². The number of aromatic hydroxyl groups is 4. The summed E-state index contributed by atoms with van der Waals surface area (Å²) in [5.74, 6) is -1.52. The van der Waals surface area contributed by atoms with E-state index in [0.29, 0.717) is 0 Å². The van der Waals surface area contributed by atoms with Gasteiger partial charge >= 0.3 is 0 Å². The van der Waals surface area contributed by atoms with E-state index < -0.39 is 17.8 Å².